The number of hydrogen-bond acceptors (Lipinski definition) is 6. The lowest BCUT2D eigenvalue weighted by molar-refractivity contribution is 0.474. The molecule has 0 aliphatic heterocycles. The molecule has 0 atom stereocenters. The molecular formula is C24H30BrN3O4S. The van der Waals surface area contributed by atoms with Crippen molar-refractivity contribution < 1.29 is 12.6 Å². The van der Waals surface area contributed by atoms with Gasteiger partial charge in [-0.25, -0.2) is 4.98 Å². The van der Waals surface area contributed by atoms with E-state index in [-0.39, 0.29) is 38.6 Å². The molecule has 0 saturated heterocycles. The quantitative estimate of drug-likeness (QED) is 0.385. The van der Waals surface area contributed by atoms with Gasteiger partial charge in [0.05, 0.1) is 9.86 Å². The normalized spacial score (nSPS) is 12.4. The van der Waals surface area contributed by atoms with Crippen LogP contribution in [0.4, 0.5) is 0 Å². The highest BCUT2D eigenvalue weighted by Gasteiger charge is 2.30. The highest BCUT2D eigenvalue weighted by Crippen LogP contribution is 2.37. The van der Waals surface area contributed by atoms with Crippen LogP contribution in [0.5, 0.6) is 5.88 Å². The third kappa shape index (κ3) is 4.84. The fourth-order valence-electron chi connectivity index (χ4n) is 3.76. The molecule has 0 saturated carbocycles. The third-order valence-corrected chi connectivity index (χ3v) is 7.53. The molecule has 0 N–H and O–H groups in total. The average molecular weight is 536 g/mol. The Morgan fingerprint density at radius 1 is 0.939 bits per heavy atom. The molecule has 0 amide bonds. The molecule has 2 aromatic heterocycles. The van der Waals surface area contributed by atoms with Gasteiger partial charge in [-0.05, 0) is 63.4 Å². The smallest absolute Gasteiger partial charge is 0.341 e. The van der Waals surface area contributed by atoms with Gasteiger partial charge in [-0.3, -0.25) is 9.36 Å². The Morgan fingerprint density at radius 3 is 1.97 bits per heavy atom. The second kappa shape index (κ2) is 9.18. The first kappa shape index (κ1) is 25.4. The van der Waals surface area contributed by atoms with Crippen molar-refractivity contribution in [3.8, 4) is 5.88 Å². The van der Waals surface area contributed by atoms with Crippen LogP contribution in [0.15, 0.2) is 32.4 Å². The van der Waals surface area contributed by atoms with Gasteiger partial charge in [0.15, 0.2) is 0 Å². The topological polar surface area (TPSA) is 91.1 Å². The number of nitrogens with zero attached hydrogens (tertiary/aromatic N) is 3. The zero-order valence-electron chi connectivity index (χ0n) is 20.2. The van der Waals surface area contributed by atoms with Crippen LogP contribution < -0.4 is 9.74 Å². The molecule has 9 heteroatoms. The lowest BCUT2D eigenvalue weighted by Gasteiger charge is -2.22. The Kier molecular flexibility index (Phi) is 7.05. The van der Waals surface area contributed by atoms with Crippen LogP contribution in [0.25, 0.3) is 11.0 Å². The van der Waals surface area contributed by atoms with Gasteiger partial charge in [0, 0.05) is 7.05 Å². The summed E-state index contributed by atoms with van der Waals surface area (Å²) in [6.45, 7) is 13.7. The summed E-state index contributed by atoms with van der Waals surface area (Å²) in [7, 11) is -2.68. The summed E-state index contributed by atoms with van der Waals surface area (Å²) < 4.78 is 34.8. The molecule has 0 fully saturated rings. The van der Waals surface area contributed by atoms with Gasteiger partial charge in [-0.15, -0.1) is 0 Å². The molecule has 1 aromatic carbocycles. The van der Waals surface area contributed by atoms with Crippen molar-refractivity contribution >= 4 is 37.1 Å². The van der Waals surface area contributed by atoms with E-state index in [0.717, 1.165) is 5.56 Å². The molecule has 3 aromatic rings. The van der Waals surface area contributed by atoms with Gasteiger partial charge in [0.25, 0.3) is 5.56 Å². The first-order valence-corrected chi connectivity index (χ1v) is 13.1. The fourth-order valence-corrected chi connectivity index (χ4v) is 5.84. The second-order valence-electron chi connectivity index (χ2n) is 9.20. The largest absolute Gasteiger partial charge is 0.357 e. The SMILES string of the molecule is Cc1nc(OS(=O)(=O)c2c(C(C)C)cc(C(C)C)cc2C(C)C)c2cc(Br)c(=O)n(C)c2n1. The molecule has 0 unspecified atom stereocenters. The summed E-state index contributed by atoms with van der Waals surface area (Å²) in [4.78, 5) is 21.1. The summed E-state index contributed by atoms with van der Waals surface area (Å²) in [5.74, 6) is 0.381. The maximum atomic E-state index is 13.8. The van der Waals surface area contributed by atoms with Crippen molar-refractivity contribution in [2.45, 2.75) is 71.1 Å². The van der Waals surface area contributed by atoms with Gasteiger partial charge in [-0.1, -0.05) is 53.7 Å². The van der Waals surface area contributed by atoms with E-state index < -0.39 is 10.1 Å². The Hall–Kier alpha value is -2.26. The minimum atomic E-state index is -4.24. The van der Waals surface area contributed by atoms with E-state index in [1.54, 1.807) is 14.0 Å². The van der Waals surface area contributed by atoms with Gasteiger partial charge in [0.2, 0.25) is 5.88 Å². The summed E-state index contributed by atoms with van der Waals surface area (Å²) in [5.41, 5.74) is 2.53. The summed E-state index contributed by atoms with van der Waals surface area (Å²) in [6, 6.07) is 5.42. The van der Waals surface area contributed by atoms with E-state index in [1.165, 1.54) is 10.6 Å². The molecule has 2 heterocycles. The molecule has 7 nitrogen and oxygen atoms in total. The zero-order valence-corrected chi connectivity index (χ0v) is 22.6. The predicted molar refractivity (Wildman–Crippen MR) is 134 cm³/mol. The number of benzene rings is 1. The van der Waals surface area contributed by atoms with E-state index in [9.17, 15) is 13.2 Å². The molecule has 0 spiro atoms. The van der Waals surface area contributed by atoms with Crippen molar-refractivity contribution in [1.82, 2.24) is 14.5 Å². The molecule has 3 rings (SSSR count). The molecule has 0 aliphatic carbocycles. The Balaban J connectivity index is 2.31. The van der Waals surface area contributed by atoms with Crippen molar-refractivity contribution in [3.05, 3.63) is 55.5 Å². The number of aromatic nitrogens is 3. The van der Waals surface area contributed by atoms with Gasteiger partial charge < -0.3 is 4.18 Å². The van der Waals surface area contributed by atoms with Crippen molar-refractivity contribution in [2.24, 2.45) is 7.05 Å². The number of pyridine rings is 1. The average Bonchev–Trinajstić information content (AvgIpc) is 2.71. The second-order valence-corrected chi connectivity index (χ2v) is 11.5. The number of halogens is 1. The van der Waals surface area contributed by atoms with Crippen LogP contribution in [-0.4, -0.2) is 23.0 Å². The number of rotatable bonds is 6. The van der Waals surface area contributed by atoms with E-state index >= 15 is 0 Å². The van der Waals surface area contributed by atoms with Crippen LogP contribution in [0.1, 0.15) is 81.8 Å². The molecule has 33 heavy (non-hydrogen) atoms. The lowest BCUT2D eigenvalue weighted by atomic mass is 9.89. The molecule has 0 aliphatic rings. The molecule has 0 radical (unpaired) electrons. The molecular weight excluding hydrogens is 506 g/mol. The van der Waals surface area contributed by atoms with Gasteiger partial charge >= 0.3 is 10.1 Å². The van der Waals surface area contributed by atoms with Crippen LogP contribution in [0, 0.1) is 6.92 Å². The standard InChI is InChI=1S/C24H30BrN3O4S/c1-12(2)16-9-17(13(3)4)21(18(10-16)14(5)6)33(30,31)32-23-19-11-20(25)24(29)28(8)22(19)26-15(7)27-23/h9-14H,1-8H3. The van der Waals surface area contributed by atoms with E-state index in [4.69, 9.17) is 4.18 Å². The van der Waals surface area contributed by atoms with Crippen LogP contribution in [0.2, 0.25) is 0 Å². The lowest BCUT2D eigenvalue weighted by Crippen LogP contribution is -2.21. The summed E-state index contributed by atoms with van der Waals surface area (Å²) in [6.07, 6.45) is 0. The first-order valence-electron chi connectivity index (χ1n) is 10.9. The zero-order chi connectivity index (χ0) is 24.8. The number of aryl methyl sites for hydroxylation is 2. The molecule has 0 bridgehead atoms. The Morgan fingerprint density at radius 2 is 1.48 bits per heavy atom. The van der Waals surface area contributed by atoms with Crippen LogP contribution >= 0.6 is 15.9 Å². The molecule has 178 valence electrons. The van der Waals surface area contributed by atoms with Crippen molar-refractivity contribution in [1.29, 1.82) is 0 Å². The minimum Gasteiger partial charge on any atom is -0.357 e. The highest BCUT2D eigenvalue weighted by atomic mass is 79.9. The van der Waals surface area contributed by atoms with E-state index in [1.807, 2.05) is 39.8 Å². The summed E-state index contributed by atoms with van der Waals surface area (Å²) >= 11 is 3.23. The Bertz CT molecular complexity index is 1360. The number of hydrogen-bond donors (Lipinski definition) is 0. The maximum absolute atomic E-state index is 13.8. The van der Waals surface area contributed by atoms with E-state index in [2.05, 4.69) is 39.7 Å². The fraction of sp³-hybridized carbons (Fsp3) is 0.458. The van der Waals surface area contributed by atoms with Crippen LogP contribution in [0.3, 0.4) is 0 Å². The first-order chi connectivity index (χ1) is 15.2. The van der Waals surface area contributed by atoms with E-state index in [0.29, 0.717) is 28.0 Å². The highest BCUT2D eigenvalue weighted by molar-refractivity contribution is 9.10. The van der Waals surface area contributed by atoms with Gasteiger partial charge in [0.1, 0.15) is 16.4 Å². The van der Waals surface area contributed by atoms with Gasteiger partial charge in [-0.2, -0.15) is 13.4 Å². The van der Waals surface area contributed by atoms with Crippen molar-refractivity contribution in [2.75, 3.05) is 0 Å². The summed E-state index contributed by atoms with van der Waals surface area (Å²) in [5, 5.41) is 0.328. The Labute approximate surface area is 203 Å². The van der Waals surface area contributed by atoms with Crippen molar-refractivity contribution in [3.63, 3.8) is 0 Å². The minimum absolute atomic E-state index is 0.0339. The third-order valence-electron chi connectivity index (χ3n) is 5.62. The maximum Gasteiger partial charge on any atom is 0.341 e. The predicted octanol–water partition coefficient (Wildman–Crippen LogP) is 5.54. The van der Waals surface area contributed by atoms with Crippen LogP contribution in [-0.2, 0) is 17.2 Å². The monoisotopic (exact) mass is 535 g/mol. The number of fused-ring (bicyclic) bond motifs is 1.